The highest BCUT2D eigenvalue weighted by Crippen LogP contribution is 2.36. The van der Waals surface area contributed by atoms with E-state index < -0.39 is 18.3 Å². The third kappa shape index (κ3) is 9.85. The second-order valence-electron chi connectivity index (χ2n) is 8.20. The second kappa shape index (κ2) is 13.9. The van der Waals surface area contributed by atoms with Crippen LogP contribution in [0.4, 0.5) is 0 Å². The van der Waals surface area contributed by atoms with Crippen LogP contribution < -0.4 is 0 Å². The van der Waals surface area contributed by atoms with Crippen LogP contribution in [0.1, 0.15) is 78.6 Å². The third-order valence-electron chi connectivity index (χ3n) is 5.27. The molecule has 5 atom stereocenters. The summed E-state index contributed by atoms with van der Waals surface area (Å²) in [5.41, 5.74) is 0. The summed E-state index contributed by atoms with van der Waals surface area (Å²) < 4.78 is 5.10. The molecule has 5 unspecified atom stereocenters. The minimum atomic E-state index is -0.571. The molecule has 0 amide bonds. The fraction of sp³-hybridized carbons (Fsp3) is 0.783. The number of aliphatic hydroxyl groups is 3. The van der Waals surface area contributed by atoms with Crippen molar-refractivity contribution >= 4 is 5.97 Å². The molecule has 3 N–H and O–H groups in total. The molecule has 0 saturated heterocycles. The number of esters is 1. The van der Waals surface area contributed by atoms with Gasteiger partial charge in [-0.3, -0.25) is 4.79 Å². The van der Waals surface area contributed by atoms with E-state index in [1.54, 1.807) is 6.08 Å². The lowest BCUT2D eigenvalue weighted by molar-refractivity contribution is -0.147. The second-order valence-corrected chi connectivity index (χ2v) is 8.20. The van der Waals surface area contributed by atoms with Gasteiger partial charge >= 0.3 is 5.97 Å². The molecule has 1 saturated carbocycles. The number of hydrogen-bond donors (Lipinski definition) is 3. The lowest BCUT2D eigenvalue weighted by Gasteiger charge is -2.19. The number of ether oxygens (including phenoxy) is 1. The Kier molecular flexibility index (Phi) is 12.4. The van der Waals surface area contributed by atoms with Crippen molar-refractivity contribution in [2.45, 2.75) is 103 Å². The van der Waals surface area contributed by atoms with Gasteiger partial charge in [-0.2, -0.15) is 0 Å². The van der Waals surface area contributed by atoms with Crippen LogP contribution in [0, 0.1) is 11.8 Å². The first-order valence-electron chi connectivity index (χ1n) is 10.9. The van der Waals surface area contributed by atoms with E-state index in [1.165, 1.54) is 0 Å². The van der Waals surface area contributed by atoms with Crippen LogP contribution in [-0.4, -0.2) is 45.7 Å². The number of rotatable bonds is 13. The van der Waals surface area contributed by atoms with Gasteiger partial charge < -0.3 is 20.1 Å². The Hall–Kier alpha value is -1.17. The summed E-state index contributed by atoms with van der Waals surface area (Å²) in [5, 5.41) is 30.6. The molecule has 5 nitrogen and oxygen atoms in total. The van der Waals surface area contributed by atoms with E-state index in [0.29, 0.717) is 19.3 Å². The monoisotopic (exact) mass is 396 g/mol. The highest BCUT2D eigenvalue weighted by molar-refractivity contribution is 5.69. The topological polar surface area (TPSA) is 87.0 Å². The zero-order valence-corrected chi connectivity index (χ0v) is 17.8. The van der Waals surface area contributed by atoms with Crippen molar-refractivity contribution in [3.8, 4) is 0 Å². The first-order chi connectivity index (χ1) is 13.3. The quantitative estimate of drug-likeness (QED) is 0.250. The summed E-state index contributed by atoms with van der Waals surface area (Å²) in [6, 6.07) is 0. The van der Waals surface area contributed by atoms with Crippen molar-refractivity contribution in [2.24, 2.45) is 11.8 Å². The Labute approximate surface area is 170 Å². The predicted octanol–water partition coefficient (Wildman–Crippen LogP) is 3.91. The van der Waals surface area contributed by atoms with Crippen molar-refractivity contribution < 1.29 is 24.9 Å². The zero-order chi connectivity index (χ0) is 20.9. The average Bonchev–Trinajstić information content (AvgIpc) is 2.88. The van der Waals surface area contributed by atoms with Gasteiger partial charge in [0.25, 0.3) is 0 Å². The molecule has 0 radical (unpaired) electrons. The third-order valence-corrected chi connectivity index (χ3v) is 5.27. The average molecular weight is 397 g/mol. The Balaban J connectivity index is 2.41. The van der Waals surface area contributed by atoms with E-state index in [4.69, 9.17) is 4.74 Å². The molecule has 0 aromatic rings. The van der Waals surface area contributed by atoms with Gasteiger partial charge in [-0.05, 0) is 45.4 Å². The Morgan fingerprint density at radius 3 is 2.57 bits per heavy atom. The molecular weight excluding hydrogens is 356 g/mol. The molecule has 1 rings (SSSR count). The molecule has 0 aromatic carbocycles. The molecule has 0 aromatic heterocycles. The molecule has 0 spiro atoms. The molecule has 1 aliphatic carbocycles. The van der Waals surface area contributed by atoms with Crippen molar-refractivity contribution in [3.05, 3.63) is 24.3 Å². The highest BCUT2D eigenvalue weighted by Gasteiger charge is 2.39. The number of carbonyl (C=O) groups excluding carboxylic acids is 1. The van der Waals surface area contributed by atoms with Gasteiger partial charge in [0.05, 0.1) is 24.4 Å². The van der Waals surface area contributed by atoms with Crippen LogP contribution in [0.5, 0.6) is 0 Å². The largest absolute Gasteiger partial charge is 0.463 e. The first kappa shape index (κ1) is 24.9. The van der Waals surface area contributed by atoms with Crippen molar-refractivity contribution in [1.29, 1.82) is 0 Å². The fourth-order valence-corrected chi connectivity index (χ4v) is 3.72. The first-order valence-corrected chi connectivity index (χ1v) is 10.9. The van der Waals surface area contributed by atoms with E-state index in [1.807, 2.05) is 32.1 Å². The number of allylic oxidation sites excluding steroid dienone is 2. The van der Waals surface area contributed by atoms with Crippen LogP contribution in [0.3, 0.4) is 0 Å². The van der Waals surface area contributed by atoms with Crippen molar-refractivity contribution in [1.82, 2.24) is 0 Å². The molecule has 1 aliphatic rings. The van der Waals surface area contributed by atoms with E-state index in [-0.39, 0.29) is 23.9 Å². The molecule has 162 valence electrons. The summed E-state index contributed by atoms with van der Waals surface area (Å²) in [4.78, 5) is 11.5. The molecule has 0 aliphatic heterocycles. The normalized spacial score (nSPS) is 26.5. The van der Waals surface area contributed by atoms with E-state index >= 15 is 0 Å². The van der Waals surface area contributed by atoms with Crippen LogP contribution in [-0.2, 0) is 9.53 Å². The Morgan fingerprint density at radius 1 is 1.14 bits per heavy atom. The van der Waals surface area contributed by atoms with Gasteiger partial charge in [0.15, 0.2) is 0 Å². The maximum atomic E-state index is 11.5. The van der Waals surface area contributed by atoms with E-state index in [2.05, 4.69) is 6.92 Å². The summed E-state index contributed by atoms with van der Waals surface area (Å²) in [6.45, 7) is 5.82. The smallest absolute Gasteiger partial charge is 0.306 e. The molecule has 0 bridgehead atoms. The van der Waals surface area contributed by atoms with Gasteiger partial charge in [0.2, 0.25) is 0 Å². The predicted molar refractivity (Wildman–Crippen MR) is 112 cm³/mol. The van der Waals surface area contributed by atoms with Crippen LogP contribution in [0.2, 0.25) is 0 Å². The summed E-state index contributed by atoms with van der Waals surface area (Å²) in [6.07, 6.45) is 13.0. The lowest BCUT2D eigenvalue weighted by atomic mass is 9.89. The number of hydrogen-bond acceptors (Lipinski definition) is 5. The summed E-state index contributed by atoms with van der Waals surface area (Å²) in [7, 11) is 0. The van der Waals surface area contributed by atoms with E-state index in [0.717, 1.165) is 38.5 Å². The van der Waals surface area contributed by atoms with Crippen LogP contribution in [0.25, 0.3) is 0 Å². The van der Waals surface area contributed by atoms with Crippen LogP contribution in [0.15, 0.2) is 24.3 Å². The van der Waals surface area contributed by atoms with Gasteiger partial charge in [0.1, 0.15) is 0 Å². The van der Waals surface area contributed by atoms with E-state index in [9.17, 15) is 20.1 Å². The lowest BCUT2D eigenvalue weighted by Crippen LogP contribution is -2.20. The van der Waals surface area contributed by atoms with Gasteiger partial charge in [-0.25, -0.2) is 0 Å². The number of carbonyl (C=O) groups is 1. The molecule has 1 fully saturated rings. The SMILES string of the molecule is CCCCCC(O)C=CC1C(O)CC(O)C1CC=CCCCC(=O)OC(C)C. The van der Waals surface area contributed by atoms with Gasteiger partial charge in [-0.1, -0.05) is 50.5 Å². The van der Waals surface area contributed by atoms with Crippen LogP contribution >= 0.6 is 0 Å². The molecule has 5 heteroatoms. The molecule has 28 heavy (non-hydrogen) atoms. The maximum absolute atomic E-state index is 11.5. The number of unbranched alkanes of at least 4 members (excludes halogenated alkanes) is 3. The standard InChI is InChI=1S/C23H40O5/c1-4-5-8-11-18(24)14-15-20-19(21(25)16-22(20)26)12-9-6-7-10-13-23(27)28-17(2)3/h6,9,14-15,17-22,24-26H,4-5,7-8,10-13,16H2,1-3H3. The minimum Gasteiger partial charge on any atom is -0.463 e. The van der Waals surface area contributed by atoms with Gasteiger partial charge in [0, 0.05) is 18.8 Å². The number of aliphatic hydroxyl groups excluding tert-OH is 3. The molecule has 0 heterocycles. The highest BCUT2D eigenvalue weighted by atomic mass is 16.5. The van der Waals surface area contributed by atoms with Crippen molar-refractivity contribution in [3.63, 3.8) is 0 Å². The Bertz CT molecular complexity index is 485. The molecular formula is C23H40O5. The maximum Gasteiger partial charge on any atom is 0.306 e. The fourth-order valence-electron chi connectivity index (χ4n) is 3.72. The zero-order valence-electron chi connectivity index (χ0n) is 17.8. The minimum absolute atomic E-state index is 0.0451. The van der Waals surface area contributed by atoms with Crippen molar-refractivity contribution in [2.75, 3.05) is 0 Å². The van der Waals surface area contributed by atoms with Gasteiger partial charge in [-0.15, -0.1) is 0 Å². The Morgan fingerprint density at radius 2 is 1.89 bits per heavy atom. The summed E-state index contributed by atoms with van der Waals surface area (Å²) >= 11 is 0. The summed E-state index contributed by atoms with van der Waals surface area (Å²) in [5.74, 6) is -0.349.